The molecule has 5 heteroatoms. The van der Waals surface area contributed by atoms with Crippen LogP contribution in [0.2, 0.25) is 0 Å². The standard InChI is InChI=1S/C16H21N3O2/c1-11(2)18-9-7-12(8-10-18)19-14-6-4-3-5-13(14)17-15(20)16(19)21/h3-6,11-12H,7-10H2,1-2H3,(H,17,20). The Labute approximate surface area is 123 Å². The van der Waals surface area contributed by atoms with Crippen LogP contribution in [0, 0.1) is 0 Å². The van der Waals surface area contributed by atoms with Crippen molar-refractivity contribution in [3.8, 4) is 0 Å². The number of piperidine rings is 1. The van der Waals surface area contributed by atoms with Crippen molar-refractivity contribution in [3.63, 3.8) is 0 Å². The molecule has 1 aromatic carbocycles. The summed E-state index contributed by atoms with van der Waals surface area (Å²) in [4.78, 5) is 29.3. The van der Waals surface area contributed by atoms with Crippen molar-refractivity contribution in [1.82, 2.24) is 14.5 Å². The molecule has 0 saturated carbocycles. The van der Waals surface area contributed by atoms with Crippen molar-refractivity contribution >= 4 is 11.0 Å². The van der Waals surface area contributed by atoms with Gasteiger partial charge in [-0.15, -0.1) is 0 Å². The van der Waals surface area contributed by atoms with E-state index in [4.69, 9.17) is 0 Å². The minimum absolute atomic E-state index is 0.111. The summed E-state index contributed by atoms with van der Waals surface area (Å²) in [6, 6.07) is 8.16. The van der Waals surface area contributed by atoms with Crippen molar-refractivity contribution in [1.29, 1.82) is 0 Å². The van der Waals surface area contributed by atoms with E-state index in [0.717, 1.165) is 37.0 Å². The summed E-state index contributed by atoms with van der Waals surface area (Å²) in [5.74, 6) is 0. The molecule has 0 radical (unpaired) electrons. The summed E-state index contributed by atoms with van der Waals surface area (Å²) >= 11 is 0. The Morgan fingerprint density at radius 2 is 1.81 bits per heavy atom. The first-order valence-electron chi connectivity index (χ1n) is 7.55. The van der Waals surface area contributed by atoms with E-state index < -0.39 is 11.1 Å². The number of aromatic nitrogens is 2. The van der Waals surface area contributed by atoms with Crippen LogP contribution in [0.15, 0.2) is 33.9 Å². The van der Waals surface area contributed by atoms with E-state index in [1.165, 1.54) is 0 Å². The van der Waals surface area contributed by atoms with Crippen molar-refractivity contribution in [2.24, 2.45) is 0 Å². The van der Waals surface area contributed by atoms with Crippen LogP contribution in [0.3, 0.4) is 0 Å². The van der Waals surface area contributed by atoms with Crippen molar-refractivity contribution in [3.05, 3.63) is 45.0 Å². The Kier molecular flexibility index (Phi) is 3.68. The molecular formula is C16H21N3O2. The molecule has 112 valence electrons. The molecule has 1 aliphatic rings. The third-order valence-electron chi connectivity index (χ3n) is 4.42. The van der Waals surface area contributed by atoms with Gasteiger partial charge in [0, 0.05) is 25.2 Å². The molecule has 1 fully saturated rings. The van der Waals surface area contributed by atoms with Crippen LogP contribution >= 0.6 is 0 Å². The summed E-state index contributed by atoms with van der Waals surface area (Å²) in [6.45, 7) is 6.32. The van der Waals surface area contributed by atoms with Crippen LogP contribution in [0.5, 0.6) is 0 Å². The van der Waals surface area contributed by atoms with Gasteiger partial charge in [0.25, 0.3) is 0 Å². The summed E-state index contributed by atoms with van der Waals surface area (Å²) in [7, 11) is 0. The highest BCUT2D eigenvalue weighted by Gasteiger charge is 2.24. The molecule has 0 atom stereocenters. The van der Waals surface area contributed by atoms with Gasteiger partial charge in [-0.05, 0) is 38.8 Å². The number of H-pyrrole nitrogens is 1. The van der Waals surface area contributed by atoms with Gasteiger partial charge in [-0.3, -0.25) is 14.2 Å². The first-order chi connectivity index (χ1) is 10.1. The average molecular weight is 287 g/mol. The van der Waals surface area contributed by atoms with Gasteiger partial charge < -0.3 is 9.88 Å². The zero-order valence-corrected chi connectivity index (χ0v) is 12.5. The Balaban J connectivity index is 2.03. The SMILES string of the molecule is CC(C)N1CCC(n2c(=O)c(=O)[nH]c3ccccc32)CC1. The molecule has 2 heterocycles. The molecule has 0 amide bonds. The lowest BCUT2D eigenvalue weighted by atomic mass is 10.0. The fraction of sp³-hybridized carbons (Fsp3) is 0.500. The lowest BCUT2D eigenvalue weighted by Gasteiger charge is -2.35. The first kappa shape index (κ1) is 14.1. The van der Waals surface area contributed by atoms with Crippen LogP contribution in [-0.4, -0.2) is 33.6 Å². The van der Waals surface area contributed by atoms with E-state index in [1.807, 2.05) is 24.3 Å². The molecule has 1 saturated heterocycles. The van der Waals surface area contributed by atoms with E-state index in [9.17, 15) is 9.59 Å². The number of rotatable bonds is 2. The number of benzene rings is 1. The highest BCUT2D eigenvalue weighted by atomic mass is 16.2. The number of nitrogens with zero attached hydrogens (tertiary/aromatic N) is 2. The molecule has 1 aliphatic heterocycles. The second-order valence-corrected chi connectivity index (χ2v) is 6.01. The lowest BCUT2D eigenvalue weighted by molar-refractivity contribution is 0.152. The van der Waals surface area contributed by atoms with Crippen LogP contribution in [0.1, 0.15) is 32.7 Å². The van der Waals surface area contributed by atoms with Crippen molar-refractivity contribution < 1.29 is 0 Å². The van der Waals surface area contributed by atoms with Gasteiger partial charge in [-0.2, -0.15) is 0 Å². The average Bonchev–Trinajstić information content (AvgIpc) is 2.49. The normalized spacial score (nSPS) is 17.7. The summed E-state index contributed by atoms with van der Waals surface area (Å²) in [5.41, 5.74) is 0.593. The van der Waals surface area contributed by atoms with E-state index in [-0.39, 0.29) is 6.04 Å². The molecule has 0 unspecified atom stereocenters. The fourth-order valence-corrected chi connectivity index (χ4v) is 3.21. The Bertz CT molecular complexity index is 752. The monoisotopic (exact) mass is 287 g/mol. The van der Waals surface area contributed by atoms with Crippen molar-refractivity contribution in [2.75, 3.05) is 13.1 Å². The number of hydrogen-bond donors (Lipinski definition) is 1. The molecule has 0 spiro atoms. The molecule has 0 aliphatic carbocycles. The van der Waals surface area contributed by atoms with E-state index in [2.05, 4.69) is 23.7 Å². The van der Waals surface area contributed by atoms with Crippen LogP contribution in [0.4, 0.5) is 0 Å². The second-order valence-electron chi connectivity index (χ2n) is 6.01. The number of para-hydroxylation sites is 2. The minimum atomic E-state index is -0.528. The number of fused-ring (bicyclic) bond motifs is 1. The molecule has 21 heavy (non-hydrogen) atoms. The maximum Gasteiger partial charge on any atom is 0.316 e. The predicted octanol–water partition coefficient (Wildman–Crippen LogP) is 1.74. The van der Waals surface area contributed by atoms with Gasteiger partial charge in [-0.25, -0.2) is 0 Å². The number of aromatic amines is 1. The highest BCUT2D eigenvalue weighted by molar-refractivity contribution is 5.74. The van der Waals surface area contributed by atoms with Crippen LogP contribution < -0.4 is 11.1 Å². The maximum absolute atomic E-state index is 12.3. The van der Waals surface area contributed by atoms with Gasteiger partial charge in [-0.1, -0.05) is 12.1 Å². The first-order valence-corrected chi connectivity index (χ1v) is 7.55. The van der Waals surface area contributed by atoms with E-state index >= 15 is 0 Å². The molecule has 5 nitrogen and oxygen atoms in total. The largest absolute Gasteiger partial charge is 0.316 e. The third kappa shape index (κ3) is 2.53. The Hall–Kier alpha value is -1.88. The minimum Gasteiger partial charge on any atom is -0.316 e. The van der Waals surface area contributed by atoms with Gasteiger partial charge in [0.2, 0.25) is 0 Å². The second kappa shape index (κ2) is 5.48. The molecule has 1 aromatic heterocycles. The van der Waals surface area contributed by atoms with Gasteiger partial charge in [0.15, 0.2) is 0 Å². The van der Waals surface area contributed by atoms with Crippen LogP contribution in [-0.2, 0) is 0 Å². The summed E-state index contributed by atoms with van der Waals surface area (Å²) in [6.07, 6.45) is 1.82. The Morgan fingerprint density at radius 3 is 2.48 bits per heavy atom. The van der Waals surface area contributed by atoms with Gasteiger partial charge in [0.05, 0.1) is 11.0 Å². The van der Waals surface area contributed by atoms with Gasteiger partial charge >= 0.3 is 11.1 Å². The van der Waals surface area contributed by atoms with Crippen LogP contribution in [0.25, 0.3) is 11.0 Å². The molecule has 0 bridgehead atoms. The van der Waals surface area contributed by atoms with Gasteiger partial charge in [0.1, 0.15) is 0 Å². The topological polar surface area (TPSA) is 58.1 Å². The predicted molar refractivity (Wildman–Crippen MR) is 83.8 cm³/mol. The van der Waals surface area contributed by atoms with Crippen molar-refractivity contribution in [2.45, 2.75) is 38.8 Å². The Morgan fingerprint density at radius 1 is 1.14 bits per heavy atom. The highest BCUT2D eigenvalue weighted by Crippen LogP contribution is 2.24. The molecule has 1 N–H and O–H groups in total. The zero-order chi connectivity index (χ0) is 15.0. The fourth-order valence-electron chi connectivity index (χ4n) is 3.21. The molecule has 3 rings (SSSR count). The quantitative estimate of drug-likeness (QED) is 0.856. The maximum atomic E-state index is 12.3. The van der Waals surface area contributed by atoms with E-state index in [1.54, 1.807) is 4.57 Å². The summed E-state index contributed by atoms with van der Waals surface area (Å²) < 4.78 is 1.70. The third-order valence-corrected chi connectivity index (χ3v) is 4.42. The van der Waals surface area contributed by atoms with E-state index in [0.29, 0.717) is 6.04 Å². The smallest absolute Gasteiger partial charge is 0.316 e. The summed E-state index contributed by atoms with van der Waals surface area (Å²) in [5, 5.41) is 0. The number of likely N-dealkylation sites (tertiary alicyclic amines) is 1. The number of hydrogen-bond acceptors (Lipinski definition) is 3. The lowest BCUT2D eigenvalue weighted by Crippen LogP contribution is -2.44. The number of nitrogens with one attached hydrogen (secondary N) is 1. The molecular weight excluding hydrogens is 266 g/mol. The molecule has 2 aromatic rings. The zero-order valence-electron chi connectivity index (χ0n) is 12.5.